The monoisotopic (exact) mass is 341 g/mol. The van der Waals surface area contributed by atoms with Gasteiger partial charge >= 0.3 is 0 Å². The molecule has 126 valence electrons. The SMILES string of the molecule is CSc1ccccc1CN1CCc2c(nc(CC3CC3)[nH]c2=O)C1. The second-order valence-electron chi connectivity index (χ2n) is 6.86. The minimum atomic E-state index is 0.0832. The molecule has 1 aliphatic heterocycles. The number of nitrogens with one attached hydrogen (secondary N) is 1. The Kier molecular flexibility index (Phi) is 4.46. The van der Waals surface area contributed by atoms with Crippen molar-refractivity contribution in [3.05, 3.63) is 57.3 Å². The fraction of sp³-hybridized carbons (Fsp3) is 0.474. The summed E-state index contributed by atoms with van der Waals surface area (Å²) in [5.41, 5.74) is 3.32. The summed E-state index contributed by atoms with van der Waals surface area (Å²) in [7, 11) is 0. The van der Waals surface area contributed by atoms with Crippen LogP contribution in [0.25, 0.3) is 0 Å². The number of thioether (sulfide) groups is 1. The van der Waals surface area contributed by atoms with E-state index in [-0.39, 0.29) is 5.56 Å². The molecule has 5 heteroatoms. The highest BCUT2D eigenvalue weighted by Crippen LogP contribution is 2.31. The Labute approximate surface area is 146 Å². The number of aromatic nitrogens is 2. The van der Waals surface area contributed by atoms with Crippen molar-refractivity contribution >= 4 is 11.8 Å². The average Bonchev–Trinajstić information content (AvgIpc) is 3.39. The number of nitrogens with zero attached hydrogens (tertiary/aromatic N) is 2. The highest BCUT2D eigenvalue weighted by atomic mass is 32.2. The molecule has 0 atom stereocenters. The topological polar surface area (TPSA) is 49.0 Å². The zero-order valence-corrected chi connectivity index (χ0v) is 14.9. The van der Waals surface area contributed by atoms with E-state index in [0.29, 0.717) is 0 Å². The summed E-state index contributed by atoms with van der Waals surface area (Å²) < 4.78 is 0. The summed E-state index contributed by atoms with van der Waals surface area (Å²) in [5.74, 6) is 1.62. The summed E-state index contributed by atoms with van der Waals surface area (Å²) in [5, 5.41) is 0. The first-order chi connectivity index (χ1) is 11.7. The molecule has 1 fully saturated rings. The van der Waals surface area contributed by atoms with Crippen molar-refractivity contribution in [1.29, 1.82) is 0 Å². The lowest BCUT2D eigenvalue weighted by molar-refractivity contribution is 0.238. The van der Waals surface area contributed by atoms with Gasteiger partial charge in [-0.05, 0) is 43.1 Å². The lowest BCUT2D eigenvalue weighted by Gasteiger charge is -2.28. The largest absolute Gasteiger partial charge is 0.310 e. The van der Waals surface area contributed by atoms with Crippen molar-refractivity contribution in [2.24, 2.45) is 5.92 Å². The van der Waals surface area contributed by atoms with Gasteiger partial charge in [0.25, 0.3) is 5.56 Å². The van der Waals surface area contributed by atoms with Gasteiger partial charge < -0.3 is 4.98 Å². The third-order valence-corrected chi connectivity index (χ3v) is 5.81. The summed E-state index contributed by atoms with van der Waals surface area (Å²) >= 11 is 1.79. The third-order valence-electron chi connectivity index (χ3n) is 4.97. The predicted molar refractivity (Wildman–Crippen MR) is 97.3 cm³/mol. The standard InChI is InChI=1S/C19H23N3OS/c1-24-17-5-3-2-4-14(17)11-22-9-8-15-16(12-22)20-18(21-19(15)23)10-13-6-7-13/h2-5,13H,6-12H2,1H3,(H,20,21,23). The van der Waals surface area contributed by atoms with Crippen molar-refractivity contribution in [3.63, 3.8) is 0 Å². The zero-order chi connectivity index (χ0) is 16.5. The number of rotatable bonds is 5. The van der Waals surface area contributed by atoms with Gasteiger partial charge in [-0.15, -0.1) is 11.8 Å². The van der Waals surface area contributed by atoms with E-state index in [0.717, 1.165) is 55.5 Å². The van der Waals surface area contributed by atoms with Crippen LogP contribution in [0.3, 0.4) is 0 Å². The lowest BCUT2D eigenvalue weighted by Crippen LogP contribution is -2.35. The van der Waals surface area contributed by atoms with E-state index in [1.807, 2.05) is 0 Å². The van der Waals surface area contributed by atoms with Crippen molar-refractivity contribution in [1.82, 2.24) is 14.9 Å². The normalized spacial score (nSPS) is 17.7. The van der Waals surface area contributed by atoms with Gasteiger partial charge in [-0.2, -0.15) is 0 Å². The number of aromatic amines is 1. The molecule has 24 heavy (non-hydrogen) atoms. The molecular formula is C19H23N3OS. The molecule has 1 saturated carbocycles. The van der Waals surface area contributed by atoms with Crippen LogP contribution < -0.4 is 5.56 Å². The predicted octanol–water partition coefficient (Wildman–Crippen LogP) is 3.00. The summed E-state index contributed by atoms with van der Waals surface area (Å²) in [6.07, 6.45) is 6.40. The van der Waals surface area contributed by atoms with Crippen LogP contribution in [0.15, 0.2) is 34.0 Å². The van der Waals surface area contributed by atoms with Crippen LogP contribution in [-0.2, 0) is 25.9 Å². The smallest absolute Gasteiger partial charge is 0.254 e. The van der Waals surface area contributed by atoms with E-state index < -0.39 is 0 Å². The molecule has 2 aliphatic rings. The Hall–Kier alpha value is -1.59. The number of benzene rings is 1. The van der Waals surface area contributed by atoms with Crippen molar-refractivity contribution in [2.45, 2.75) is 43.7 Å². The van der Waals surface area contributed by atoms with Crippen LogP contribution in [-0.4, -0.2) is 27.7 Å². The van der Waals surface area contributed by atoms with Crippen molar-refractivity contribution in [3.8, 4) is 0 Å². The second-order valence-corrected chi connectivity index (χ2v) is 7.71. The summed E-state index contributed by atoms with van der Waals surface area (Å²) in [6, 6.07) is 8.56. The molecule has 1 aromatic carbocycles. The molecule has 0 radical (unpaired) electrons. The molecule has 0 spiro atoms. The highest BCUT2D eigenvalue weighted by Gasteiger charge is 2.25. The van der Waals surface area contributed by atoms with E-state index in [1.165, 1.54) is 23.3 Å². The van der Waals surface area contributed by atoms with Gasteiger partial charge in [-0.3, -0.25) is 9.69 Å². The third kappa shape index (κ3) is 3.42. The van der Waals surface area contributed by atoms with Gasteiger partial charge in [0.2, 0.25) is 0 Å². The molecule has 4 rings (SSSR count). The van der Waals surface area contributed by atoms with Crippen LogP contribution in [0.5, 0.6) is 0 Å². The molecule has 4 nitrogen and oxygen atoms in total. The number of hydrogen-bond donors (Lipinski definition) is 1. The molecule has 2 aromatic rings. The first-order valence-electron chi connectivity index (χ1n) is 8.68. The van der Waals surface area contributed by atoms with Crippen LogP contribution >= 0.6 is 11.8 Å². The van der Waals surface area contributed by atoms with Crippen molar-refractivity contribution < 1.29 is 0 Å². The van der Waals surface area contributed by atoms with Gasteiger partial charge in [-0.25, -0.2) is 4.98 Å². The number of H-pyrrole nitrogens is 1. The Balaban J connectivity index is 1.54. The van der Waals surface area contributed by atoms with Crippen LogP contribution in [0.4, 0.5) is 0 Å². The molecule has 0 amide bonds. The van der Waals surface area contributed by atoms with E-state index in [1.54, 1.807) is 11.8 Å². The molecular weight excluding hydrogens is 318 g/mol. The molecule has 1 N–H and O–H groups in total. The summed E-state index contributed by atoms with van der Waals surface area (Å²) in [6.45, 7) is 2.62. The maximum Gasteiger partial charge on any atom is 0.254 e. The minimum absolute atomic E-state index is 0.0832. The number of hydrogen-bond acceptors (Lipinski definition) is 4. The fourth-order valence-corrected chi connectivity index (χ4v) is 4.06. The first-order valence-corrected chi connectivity index (χ1v) is 9.90. The van der Waals surface area contributed by atoms with E-state index >= 15 is 0 Å². The first kappa shape index (κ1) is 15.9. The minimum Gasteiger partial charge on any atom is -0.310 e. The maximum atomic E-state index is 12.3. The van der Waals surface area contributed by atoms with Gasteiger partial charge in [0.1, 0.15) is 5.82 Å². The highest BCUT2D eigenvalue weighted by molar-refractivity contribution is 7.98. The Morgan fingerprint density at radius 1 is 1.33 bits per heavy atom. The molecule has 1 aromatic heterocycles. The van der Waals surface area contributed by atoms with Crippen molar-refractivity contribution in [2.75, 3.05) is 12.8 Å². The van der Waals surface area contributed by atoms with Crippen LogP contribution in [0, 0.1) is 5.92 Å². The average molecular weight is 341 g/mol. The van der Waals surface area contributed by atoms with Gasteiger partial charge in [0, 0.05) is 36.5 Å². The zero-order valence-electron chi connectivity index (χ0n) is 14.0. The fourth-order valence-electron chi connectivity index (χ4n) is 3.45. The maximum absolute atomic E-state index is 12.3. The molecule has 1 aliphatic carbocycles. The van der Waals surface area contributed by atoms with Gasteiger partial charge in [-0.1, -0.05) is 18.2 Å². The Morgan fingerprint density at radius 2 is 2.17 bits per heavy atom. The van der Waals surface area contributed by atoms with E-state index in [4.69, 9.17) is 4.98 Å². The van der Waals surface area contributed by atoms with E-state index in [9.17, 15) is 4.79 Å². The van der Waals surface area contributed by atoms with Crippen LogP contribution in [0.1, 0.15) is 35.5 Å². The quantitative estimate of drug-likeness (QED) is 0.850. The van der Waals surface area contributed by atoms with E-state index in [2.05, 4.69) is 40.4 Å². The number of fused-ring (bicyclic) bond motifs is 1. The second kappa shape index (κ2) is 6.73. The molecule has 0 saturated heterocycles. The van der Waals surface area contributed by atoms with Crippen LogP contribution in [0.2, 0.25) is 0 Å². The Bertz CT molecular complexity index is 797. The van der Waals surface area contributed by atoms with Gasteiger partial charge in [0.05, 0.1) is 5.69 Å². The summed E-state index contributed by atoms with van der Waals surface area (Å²) in [4.78, 5) is 23.9. The lowest BCUT2D eigenvalue weighted by atomic mass is 10.1. The molecule has 0 unspecified atom stereocenters. The Morgan fingerprint density at radius 3 is 2.96 bits per heavy atom. The molecule has 0 bridgehead atoms. The molecule has 2 heterocycles. The van der Waals surface area contributed by atoms with Gasteiger partial charge in [0.15, 0.2) is 0 Å².